The first-order valence-electron chi connectivity index (χ1n) is 13.4. The predicted octanol–water partition coefficient (Wildman–Crippen LogP) is 4.88. The van der Waals surface area contributed by atoms with Gasteiger partial charge in [0.2, 0.25) is 0 Å². The quantitative estimate of drug-likeness (QED) is 0.381. The van der Waals surface area contributed by atoms with Crippen LogP contribution in [0.5, 0.6) is 11.5 Å². The lowest BCUT2D eigenvalue weighted by Gasteiger charge is -2.31. The highest BCUT2D eigenvalue weighted by Gasteiger charge is 2.32. The van der Waals surface area contributed by atoms with Crippen molar-refractivity contribution in [2.75, 3.05) is 25.1 Å². The molecule has 1 N–H and O–H groups in total. The maximum absolute atomic E-state index is 14.0. The standard InChI is InChI=1S/C32H31N3O3S/c1-4-34(5-2)23-15-13-21(27(36)19-23)18-28-31(37)35-30(22-10-8-11-24(17-22)38-3)26-16-14-20-9-6-7-12-25(20)29(26)33-32(35)39-28/h6-13,15,17-19,30,36H,4-5,14,16H2,1-3H3/b28-18-/t30-/m1/s1. The van der Waals surface area contributed by atoms with Gasteiger partial charge in [-0.05, 0) is 73.7 Å². The van der Waals surface area contributed by atoms with Gasteiger partial charge in [0.05, 0.1) is 23.4 Å². The monoisotopic (exact) mass is 537 g/mol. The molecule has 3 aromatic carbocycles. The third-order valence-corrected chi connectivity index (χ3v) is 8.69. The highest BCUT2D eigenvalue weighted by Crippen LogP contribution is 2.41. The summed E-state index contributed by atoms with van der Waals surface area (Å²) in [6, 6.07) is 21.7. The van der Waals surface area contributed by atoms with Gasteiger partial charge in [-0.15, -0.1) is 0 Å². The molecule has 2 heterocycles. The molecule has 1 aliphatic carbocycles. The van der Waals surface area contributed by atoms with Gasteiger partial charge in [-0.3, -0.25) is 9.36 Å². The van der Waals surface area contributed by atoms with Crippen LogP contribution in [0.2, 0.25) is 0 Å². The van der Waals surface area contributed by atoms with Crippen LogP contribution >= 0.6 is 11.3 Å². The number of benzene rings is 3. The average Bonchev–Trinajstić information content (AvgIpc) is 3.28. The number of ether oxygens (including phenoxy) is 1. The fraction of sp³-hybridized carbons (Fsp3) is 0.250. The normalized spacial score (nSPS) is 16.3. The number of rotatable bonds is 6. The smallest absolute Gasteiger partial charge is 0.271 e. The number of aryl methyl sites for hydroxylation is 1. The Bertz CT molecular complexity index is 1780. The number of hydrogen-bond acceptors (Lipinski definition) is 6. The zero-order valence-corrected chi connectivity index (χ0v) is 23.2. The van der Waals surface area contributed by atoms with Gasteiger partial charge in [-0.25, -0.2) is 4.99 Å². The molecule has 1 aromatic heterocycles. The summed E-state index contributed by atoms with van der Waals surface area (Å²) in [5.41, 5.74) is 6.98. The van der Waals surface area contributed by atoms with Gasteiger partial charge in [-0.1, -0.05) is 47.7 Å². The molecular formula is C32H31N3O3S. The third kappa shape index (κ3) is 4.36. The first-order chi connectivity index (χ1) is 19.0. The summed E-state index contributed by atoms with van der Waals surface area (Å²) in [6.45, 7) is 5.88. The van der Waals surface area contributed by atoms with Crippen LogP contribution in [0, 0.1) is 0 Å². The average molecular weight is 538 g/mol. The third-order valence-electron chi connectivity index (χ3n) is 7.71. The molecule has 0 fully saturated rings. The van der Waals surface area contributed by atoms with Crippen molar-refractivity contribution >= 4 is 28.8 Å². The van der Waals surface area contributed by atoms with Crippen LogP contribution in [0.1, 0.15) is 48.6 Å². The van der Waals surface area contributed by atoms with Crippen molar-refractivity contribution in [1.82, 2.24) is 4.57 Å². The SMILES string of the molecule is CCN(CC)c1ccc(/C=c2\sc3n(c2=O)[C@H](c2cccc(OC)c2)C2=C(N=3)c3ccccc3CC2)c(O)c1. The Morgan fingerprint density at radius 3 is 2.67 bits per heavy atom. The summed E-state index contributed by atoms with van der Waals surface area (Å²) in [5, 5.41) is 10.8. The van der Waals surface area contributed by atoms with Crippen LogP contribution in [-0.4, -0.2) is 29.9 Å². The molecule has 1 atom stereocenters. The van der Waals surface area contributed by atoms with Crippen LogP contribution in [-0.2, 0) is 6.42 Å². The molecule has 7 heteroatoms. The summed E-state index contributed by atoms with van der Waals surface area (Å²) in [7, 11) is 1.66. The number of fused-ring (bicyclic) bond motifs is 3. The van der Waals surface area contributed by atoms with Gasteiger partial charge in [-0.2, -0.15) is 0 Å². The van der Waals surface area contributed by atoms with Crippen LogP contribution in [0.4, 0.5) is 5.69 Å². The van der Waals surface area contributed by atoms with Crippen molar-refractivity contribution in [1.29, 1.82) is 0 Å². The predicted molar refractivity (Wildman–Crippen MR) is 157 cm³/mol. The number of aromatic nitrogens is 1. The molecule has 1 aliphatic heterocycles. The molecular weight excluding hydrogens is 506 g/mol. The van der Waals surface area contributed by atoms with E-state index in [9.17, 15) is 9.90 Å². The van der Waals surface area contributed by atoms with Gasteiger partial charge in [0.1, 0.15) is 11.5 Å². The van der Waals surface area contributed by atoms with Crippen LogP contribution in [0.25, 0.3) is 11.8 Å². The minimum absolute atomic E-state index is 0.107. The Kier molecular flexibility index (Phi) is 6.61. The van der Waals surface area contributed by atoms with E-state index in [1.54, 1.807) is 19.3 Å². The molecule has 0 unspecified atom stereocenters. The molecule has 0 bridgehead atoms. The van der Waals surface area contributed by atoms with E-state index >= 15 is 0 Å². The van der Waals surface area contributed by atoms with Gasteiger partial charge < -0.3 is 14.7 Å². The highest BCUT2D eigenvalue weighted by atomic mass is 32.1. The van der Waals surface area contributed by atoms with E-state index in [-0.39, 0.29) is 17.4 Å². The minimum Gasteiger partial charge on any atom is -0.507 e. The Hall–Kier alpha value is -4.10. The van der Waals surface area contributed by atoms with E-state index in [1.807, 2.05) is 41.0 Å². The summed E-state index contributed by atoms with van der Waals surface area (Å²) in [5.74, 6) is 0.908. The molecule has 4 aromatic rings. The number of allylic oxidation sites excluding steroid dienone is 1. The van der Waals surface area contributed by atoms with E-state index in [2.05, 4.69) is 43.0 Å². The summed E-state index contributed by atoms with van der Waals surface area (Å²) in [4.78, 5) is 21.9. The minimum atomic E-state index is -0.277. The lowest BCUT2D eigenvalue weighted by molar-refractivity contribution is 0.413. The number of nitrogens with zero attached hydrogens (tertiary/aromatic N) is 3. The molecule has 6 nitrogen and oxygen atoms in total. The first kappa shape index (κ1) is 25.2. The highest BCUT2D eigenvalue weighted by molar-refractivity contribution is 7.07. The van der Waals surface area contributed by atoms with Crippen molar-refractivity contribution < 1.29 is 9.84 Å². The molecule has 2 aliphatic rings. The van der Waals surface area contributed by atoms with Crippen molar-refractivity contribution in [2.45, 2.75) is 32.7 Å². The second-order valence-corrected chi connectivity index (χ2v) is 10.8. The topological polar surface area (TPSA) is 67.1 Å². The Morgan fingerprint density at radius 1 is 1.08 bits per heavy atom. The molecule has 198 valence electrons. The molecule has 0 spiro atoms. The molecule has 0 radical (unpaired) electrons. The number of methoxy groups -OCH3 is 1. The van der Waals surface area contributed by atoms with Gasteiger partial charge in [0.25, 0.3) is 5.56 Å². The Balaban J connectivity index is 1.55. The van der Waals surface area contributed by atoms with E-state index in [1.165, 1.54) is 16.9 Å². The zero-order chi connectivity index (χ0) is 27.1. The largest absolute Gasteiger partial charge is 0.507 e. The van der Waals surface area contributed by atoms with Gasteiger partial charge >= 0.3 is 0 Å². The van der Waals surface area contributed by atoms with Crippen molar-refractivity contribution in [3.8, 4) is 11.5 Å². The number of anilines is 1. The maximum atomic E-state index is 14.0. The Labute approximate surface area is 231 Å². The van der Waals surface area contributed by atoms with Crippen LogP contribution < -0.4 is 24.5 Å². The van der Waals surface area contributed by atoms with Crippen molar-refractivity contribution in [2.24, 2.45) is 4.99 Å². The van der Waals surface area contributed by atoms with Crippen molar-refractivity contribution in [3.05, 3.63) is 114 Å². The number of phenolic OH excluding ortho intramolecular Hbond substituents is 1. The number of hydrogen-bond donors (Lipinski definition) is 1. The molecule has 0 amide bonds. The maximum Gasteiger partial charge on any atom is 0.271 e. The van der Waals surface area contributed by atoms with E-state index in [4.69, 9.17) is 9.73 Å². The molecule has 0 saturated heterocycles. The van der Waals surface area contributed by atoms with Gasteiger partial charge in [0.15, 0.2) is 4.80 Å². The summed E-state index contributed by atoms with van der Waals surface area (Å²) in [6.07, 6.45) is 3.52. The van der Waals surface area contributed by atoms with Crippen LogP contribution in [0.15, 0.2) is 82.1 Å². The lowest BCUT2D eigenvalue weighted by Crippen LogP contribution is -2.38. The summed E-state index contributed by atoms with van der Waals surface area (Å²) < 4.78 is 7.90. The fourth-order valence-corrected chi connectivity index (χ4v) is 6.71. The van der Waals surface area contributed by atoms with Gasteiger partial charge in [0, 0.05) is 36.0 Å². The molecule has 6 rings (SSSR count). The number of aromatic hydroxyl groups is 1. The number of thiazole rings is 1. The van der Waals surface area contributed by atoms with E-state index < -0.39 is 0 Å². The second kappa shape index (κ2) is 10.2. The molecule has 39 heavy (non-hydrogen) atoms. The Morgan fingerprint density at radius 2 is 1.90 bits per heavy atom. The second-order valence-electron chi connectivity index (χ2n) is 9.81. The first-order valence-corrected chi connectivity index (χ1v) is 14.2. The fourth-order valence-electron chi connectivity index (χ4n) is 5.71. The lowest BCUT2D eigenvalue weighted by atomic mass is 9.83. The van der Waals surface area contributed by atoms with Crippen molar-refractivity contribution in [3.63, 3.8) is 0 Å². The summed E-state index contributed by atoms with van der Waals surface area (Å²) >= 11 is 1.37. The van der Waals surface area contributed by atoms with E-state index in [0.29, 0.717) is 14.9 Å². The molecule has 0 saturated carbocycles. The number of phenols is 1. The van der Waals surface area contributed by atoms with E-state index in [0.717, 1.165) is 59.8 Å². The van der Waals surface area contributed by atoms with Crippen LogP contribution in [0.3, 0.4) is 0 Å². The zero-order valence-electron chi connectivity index (χ0n) is 22.3.